The molecule has 0 bridgehead atoms. The topological polar surface area (TPSA) is 99.8 Å². The number of carbonyl (C=O) groups excluding carboxylic acids is 2. The molecule has 0 radical (unpaired) electrons. The van der Waals surface area contributed by atoms with Crippen molar-refractivity contribution in [1.82, 2.24) is 5.32 Å². The number of amides is 2. The van der Waals surface area contributed by atoms with Crippen molar-refractivity contribution in [3.8, 4) is 11.3 Å². The number of carboxylic acids is 1. The van der Waals surface area contributed by atoms with Crippen LogP contribution in [0.2, 0.25) is 10.0 Å². The van der Waals surface area contributed by atoms with Crippen molar-refractivity contribution >= 4 is 70.1 Å². The summed E-state index contributed by atoms with van der Waals surface area (Å²) in [6, 6.07) is 12.6. The Balaban J connectivity index is 1.70. The van der Waals surface area contributed by atoms with Gasteiger partial charge in [-0.05, 0) is 73.2 Å². The third-order valence-electron chi connectivity index (χ3n) is 4.98. The summed E-state index contributed by atoms with van der Waals surface area (Å²) in [7, 11) is 0. The van der Waals surface area contributed by atoms with Crippen LogP contribution in [0.15, 0.2) is 58.5 Å². The average Bonchev–Trinajstić information content (AvgIpc) is 3.23. The quantitative estimate of drug-likeness (QED) is 0.294. The Kier molecular flexibility index (Phi) is 6.07. The number of nitrogens with zero attached hydrogens (tertiary/aromatic N) is 1. The molecule has 0 spiro atoms. The number of rotatable bonds is 4. The van der Waals surface area contributed by atoms with E-state index in [0.29, 0.717) is 27.6 Å². The molecular formula is C23H14Cl2N2O5S. The summed E-state index contributed by atoms with van der Waals surface area (Å²) < 4.78 is 5.74. The van der Waals surface area contributed by atoms with Crippen molar-refractivity contribution in [2.75, 3.05) is 4.90 Å². The Morgan fingerprint density at radius 1 is 1.12 bits per heavy atom. The van der Waals surface area contributed by atoms with Crippen molar-refractivity contribution in [3.63, 3.8) is 0 Å². The Labute approximate surface area is 203 Å². The maximum atomic E-state index is 13.2. The molecule has 1 aliphatic rings. The summed E-state index contributed by atoms with van der Waals surface area (Å²) >= 11 is 17.3. The molecule has 0 aliphatic carbocycles. The Hall–Kier alpha value is -3.46. The second-order valence-corrected chi connectivity index (χ2v) is 8.24. The van der Waals surface area contributed by atoms with Gasteiger partial charge in [0.15, 0.2) is 5.11 Å². The fraction of sp³-hybridized carbons (Fsp3) is 0.0435. The molecule has 1 aromatic heterocycles. The molecule has 33 heavy (non-hydrogen) atoms. The SMILES string of the molecule is Cc1c(Cl)cccc1N1C(=O)C(=Cc2ccc(-c3ccc(Cl)c(C(=O)O)c3)o2)C(=O)NC1=S. The van der Waals surface area contributed by atoms with Gasteiger partial charge in [0.25, 0.3) is 11.8 Å². The number of aromatic carboxylic acids is 1. The minimum absolute atomic E-state index is 0.0602. The summed E-state index contributed by atoms with van der Waals surface area (Å²) in [6.07, 6.45) is 1.30. The second-order valence-electron chi connectivity index (χ2n) is 7.04. The molecule has 166 valence electrons. The Bertz CT molecular complexity index is 1380. The fourth-order valence-corrected chi connectivity index (χ4v) is 3.93. The van der Waals surface area contributed by atoms with E-state index in [9.17, 15) is 19.5 Å². The Morgan fingerprint density at radius 2 is 1.88 bits per heavy atom. The number of benzene rings is 2. The lowest BCUT2D eigenvalue weighted by Gasteiger charge is -2.30. The number of hydrogen-bond acceptors (Lipinski definition) is 5. The van der Waals surface area contributed by atoms with Crippen molar-refractivity contribution in [3.05, 3.63) is 81.0 Å². The van der Waals surface area contributed by atoms with E-state index < -0.39 is 17.8 Å². The van der Waals surface area contributed by atoms with Gasteiger partial charge in [0.05, 0.1) is 16.3 Å². The number of carbonyl (C=O) groups is 3. The van der Waals surface area contributed by atoms with E-state index in [2.05, 4.69) is 5.32 Å². The smallest absolute Gasteiger partial charge is 0.337 e. The zero-order chi connectivity index (χ0) is 23.9. The van der Waals surface area contributed by atoms with Gasteiger partial charge in [-0.15, -0.1) is 0 Å². The molecule has 0 saturated carbocycles. The van der Waals surface area contributed by atoms with Crippen LogP contribution in [0, 0.1) is 6.92 Å². The highest BCUT2D eigenvalue weighted by molar-refractivity contribution is 7.80. The number of furan rings is 1. The second kappa shape index (κ2) is 8.82. The number of thiocarbonyl (C=S) groups is 1. The lowest BCUT2D eigenvalue weighted by atomic mass is 10.1. The predicted molar refractivity (Wildman–Crippen MR) is 129 cm³/mol. The van der Waals surface area contributed by atoms with Gasteiger partial charge >= 0.3 is 5.97 Å². The molecule has 3 aromatic rings. The van der Waals surface area contributed by atoms with Crippen LogP contribution >= 0.6 is 35.4 Å². The largest absolute Gasteiger partial charge is 0.478 e. The van der Waals surface area contributed by atoms with E-state index >= 15 is 0 Å². The van der Waals surface area contributed by atoms with Gasteiger partial charge in [-0.2, -0.15) is 0 Å². The van der Waals surface area contributed by atoms with Crippen molar-refractivity contribution < 1.29 is 23.9 Å². The summed E-state index contributed by atoms with van der Waals surface area (Å²) in [5, 5.41) is 12.3. The zero-order valence-corrected chi connectivity index (χ0v) is 19.2. The number of anilines is 1. The standard InChI is InChI=1S/C23H14Cl2N2O5S/c1-11-16(24)3-2-4-18(11)27-21(29)15(20(28)26-23(27)33)10-13-6-8-19(32-13)12-5-7-17(25)14(9-12)22(30)31/h2-10H,1H3,(H,30,31)(H,26,28,33). The number of halogens is 2. The van der Waals surface area contributed by atoms with Gasteiger partial charge in [-0.25, -0.2) is 4.79 Å². The minimum Gasteiger partial charge on any atom is -0.478 e. The van der Waals surface area contributed by atoms with Crippen LogP contribution in [0.4, 0.5) is 5.69 Å². The van der Waals surface area contributed by atoms with Crippen LogP contribution in [0.3, 0.4) is 0 Å². The van der Waals surface area contributed by atoms with Crippen LogP contribution < -0.4 is 10.2 Å². The third-order valence-corrected chi connectivity index (χ3v) is 6.00. The highest BCUT2D eigenvalue weighted by atomic mass is 35.5. The monoisotopic (exact) mass is 500 g/mol. The molecule has 0 unspecified atom stereocenters. The van der Waals surface area contributed by atoms with Crippen LogP contribution in [0.25, 0.3) is 17.4 Å². The molecule has 0 atom stereocenters. The van der Waals surface area contributed by atoms with Crippen LogP contribution in [0.1, 0.15) is 21.7 Å². The van der Waals surface area contributed by atoms with E-state index in [4.69, 9.17) is 39.8 Å². The van der Waals surface area contributed by atoms with E-state index in [0.717, 1.165) is 0 Å². The zero-order valence-electron chi connectivity index (χ0n) is 16.9. The lowest BCUT2D eigenvalue weighted by Crippen LogP contribution is -2.54. The van der Waals surface area contributed by atoms with E-state index in [1.54, 1.807) is 43.3 Å². The number of hydrogen-bond donors (Lipinski definition) is 2. The molecule has 2 heterocycles. The first-order chi connectivity index (χ1) is 15.7. The first kappa shape index (κ1) is 22.7. The summed E-state index contributed by atoms with van der Waals surface area (Å²) in [5.41, 5.74) is 1.28. The molecule has 1 saturated heterocycles. The molecule has 10 heteroatoms. The fourth-order valence-electron chi connectivity index (χ4n) is 3.28. The maximum Gasteiger partial charge on any atom is 0.337 e. The predicted octanol–water partition coefficient (Wildman–Crippen LogP) is 5.09. The molecule has 2 aromatic carbocycles. The van der Waals surface area contributed by atoms with E-state index in [-0.39, 0.29) is 27.0 Å². The normalized spacial score (nSPS) is 15.2. The lowest BCUT2D eigenvalue weighted by molar-refractivity contribution is -0.122. The van der Waals surface area contributed by atoms with Gasteiger partial charge in [0.1, 0.15) is 17.1 Å². The highest BCUT2D eigenvalue weighted by Gasteiger charge is 2.35. The molecule has 7 nitrogen and oxygen atoms in total. The van der Waals surface area contributed by atoms with Crippen LogP contribution in [0.5, 0.6) is 0 Å². The van der Waals surface area contributed by atoms with Gasteiger partial charge in [-0.1, -0.05) is 29.3 Å². The van der Waals surface area contributed by atoms with Crippen molar-refractivity contribution in [2.24, 2.45) is 0 Å². The molecule has 2 amide bonds. The molecule has 1 aliphatic heterocycles. The first-order valence-electron chi connectivity index (χ1n) is 9.47. The minimum atomic E-state index is -1.17. The van der Waals surface area contributed by atoms with E-state index in [1.165, 1.54) is 23.1 Å². The maximum absolute atomic E-state index is 13.2. The average molecular weight is 501 g/mol. The highest BCUT2D eigenvalue weighted by Crippen LogP contribution is 2.31. The number of nitrogens with one attached hydrogen (secondary N) is 1. The van der Waals surface area contributed by atoms with Crippen LogP contribution in [-0.4, -0.2) is 28.0 Å². The molecular weight excluding hydrogens is 487 g/mol. The summed E-state index contributed by atoms with van der Waals surface area (Å²) in [5.74, 6) is -1.92. The van der Waals surface area contributed by atoms with Crippen LogP contribution in [-0.2, 0) is 9.59 Å². The molecule has 1 fully saturated rings. The van der Waals surface area contributed by atoms with Crippen molar-refractivity contribution in [1.29, 1.82) is 0 Å². The molecule has 2 N–H and O–H groups in total. The van der Waals surface area contributed by atoms with Gasteiger partial charge in [0, 0.05) is 10.6 Å². The third kappa shape index (κ3) is 4.28. The summed E-state index contributed by atoms with van der Waals surface area (Å²) in [4.78, 5) is 38.2. The Morgan fingerprint density at radius 3 is 2.61 bits per heavy atom. The van der Waals surface area contributed by atoms with Gasteiger partial charge in [-0.3, -0.25) is 19.8 Å². The van der Waals surface area contributed by atoms with Gasteiger partial charge in [0.2, 0.25) is 0 Å². The molecule has 4 rings (SSSR count). The van der Waals surface area contributed by atoms with E-state index in [1.807, 2.05) is 0 Å². The number of carboxylic acid groups (broad SMARTS) is 1. The van der Waals surface area contributed by atoms with Crippen molar-refractivity contribution in [2.45, 2.75) is 6.92 Å². The summed E-state index contributed by atoms with van der Waals surface area (Å²) in [6.45, 7) is 1.74. The van der Waals surface area contributed by atoms with Gasteiger partial charge < -0.3 is 9.52 Å². The first-order valence-corrected chi connectivity index (χ1v) is 10.6.